The van der Waals surface area contributed by atoms with Crippen molar-refractivity contribution < 1.29 is 9.53 Å². The van der Waals surface area contributed by atoms with Crippen LogP contribution in [0.4, 0.5) is 0 Å². The van der Waals surface area contributed by atoms with Gasteiger partial charge in [0.25, 0.3) is 0 Å². The predicted molar refractivity (Wildman–Crippen MR) is 57.0 cm³/mol. The summed E-state index contributed by atoms with van der Waals surface area (Å²) in [6, 6.07) is 0. The zero-order chi connectivity index (χ0) is 10.2. The molecule has 0 saturated carbocycles. The van der Waals surface area contributed by atoms with E-state index < -0.39 is 0 Å². The Morgan fingerprint density at radius 3 is 2.86 bits per heavy atom. The number of esters is 1. The normalized spacial score (nSPS) is 26.1. The molecule has 2 heteroatoms. The summed E-state index contributed by atoms with van der Waals surface area (Å²) in [6.07, 6.45) is 11.6. The molecule has 0 N–H and O–H groups in total. The molecule has 0 amide bonds. The molecule has 0 saturated heterocycles. The highest BCUT2D eigenvalue weighted by molar-refractivity contribution is 5.71. The summed E-state index contributed by atoms with van der Waals surface area (Å²) in [7, 11) is 0. The number of hydrogen-bond donors (Lipinski definition) is 0. The maximum atomic E-state index is 11.2. The first-order valence-electron chi connectivity index (χ1n) is 5.63. The number of rotatable bonds is 0. The van der Waals surface area contributed by atoms with Gasteiger partial charge in [0.1, 0.15) is 0 Å². The van der Waals surface area contributed by atoms with Crippen molar-refractivity contribution in [2.45, 2.75) is 58.0 Å². The van der Waals surface area contributed by atoms with Gasteiger partial charge >= 0.3 is 5.97 Å². The van der Waals surface area contributed by atoms with Gasteiger partial charge in [-0.1, -0.05) is 25.0 Å². The van der Waals surface area contributed by atoms with Crippen molar-refractivity contribution in [3.05, 3.63) is 12.2 Å². The lowest BCUT2D eigenvalue weighted by Crippen LogP contribution is -2.14. The van der Waals surface area contributed by atoms with Gasteiger partial charge in [-0.2, -0.15) is 0 Å². The Labute approximate surface area is 86.3 Å². The van der Waals surface area contributed by atoms with E-state index in [0.29, 0.717) is 6.42 Å². The van der Waals surface area contributed by atoms with Gasteiger partial charge in [0.05, 0.1) is 12.5 Å². The summed E-state index contributed by atoms with van der Waals surface area (Å²) in [5.74, 6) is -0.0886. The van der Waals surface area contributed by atoms with Crippen LogP contribution in [0.2, 0.25) is 0 Å². The fourth-order valence-corrected chi connectivity index (χ4v) is 1.68. The average Bonchev–Trinajstić information content (AvgIpc) is 2.13. The summed E-state index contributed by atoms with van der Waals surface area (Å²) >= 11 is 0. The van der Waals surface area contributed by atoms with Crippen LogP contribution in [-0.4, -0.2) is 12.1 Å². The van der Waals surface area contributed by atoms with E-state index in [4.69, 9.17) is 4.74 Å². The maximum Gasteiger partial charge on any atom is 0.309 e. The number of cyclic esters (lactones) is 1. The van der Waals surface area contributed by atoms with Crippen LogP contribution in [0.3, 0.4) is 0 Å². The van der Waals surface area contributed by atoms with Crippen LogP contribution in [0.25, 0.3) is 0 Å². The van der Waals surface area contributed by atoms with Gasteiger partial charge in [-0.3, -0.25) is 4.79 Å². The van der Waals surface area contributed by atoms with Gasteiger partial charge in [-0.05, 0) is 32.6 Å². The third kappa shape index (κ3) is 5.05. The van der Waals surface area contributed by atoms with Gasteiger partial charge in [0.15, 0.2) is 0 Å². The van der Waals surface area contributed by atoms with Crippen molar-refractivity contribution in [3.8, 4) is 0 Å². The molecule has 14 heavy (non-hydrogen) atoms. The second-order valence-electron chi connectivity index (χ2n) is 3.97. The molecule has 80 valence electrons. The summed E-state index contributed by atoms with van der Waals surface area (Å²) in [5, 5.41) is 0. The Morgan fingerprint density at radius 1 is 1.21 bits per heavy atom. The fraction of sp³-hybridized carbons (Fsp3) is 0.750. The van der Waals surface area contributed by atoms with E-state index in [9.17, 15) is 4.79 Å². The fourth-order valence-electron chi connectivity index (χ4n) is 1.68. The zero-order valence-electron chi connectivity index (χ0n) is 9.00. The largest absolute Gasteiger partial charge is 0.462 e. The molecule has 1 unspecified atom stereocenters. The smallest absolute Gasteiger partial charge is 0.309 e. The lowest BCUT2D eigenvalue weighted by molar-refractivity contribution is -0.147. The highest BCUT2D eigenvalue weighted by atomic mass is 16.5. The standard InChI is InChI=1S/C12H20O2/c1-11-9-7-5-3-2-4-6-8-10-12(13)14-11/h6,8,11H,2-5,7,9-10H2,1H3. The number of hydrogen-bond acceptors (Lipinski definition) is 2. The van der Waals surface area contributed by atoms with E-state index in [2.05, 4.69) is 6.08 Å². The molecule has 0 aliphatic carbocycles. The van der Waals surface area contributed by atoms with Gasteiger partial charge in [0.2, 0.25) is 0 Å². The first-order chi connectivity index (χ1) is 6.79. The summed E-state index contributed by atoms with van der Waals surface area (Å²) in [4.78, 5) is 11.2. The Hall–Kier alpha value is -0.790. The quantitative estimate of drug-likeness (QED) is 0.439. The Kier molecular flexibility index (Phi) is 5.35. The zero-order valence-corrected chi connectivity index (χ0v) is 9.00. The summed E-state index contributed by atoms with van der Waals surface area (Å²) < 4.78 is 5.23. The summed E-state index contributed by atoms with van der Waals surface area (Å²) in [5.41, 5.74) is 0. The molecule has 0 fully saturated rings. The molecule has 1 aliphatic rings. The maximum absolute atomic E-state index is 11.2. The van der Waals surface area contributed by atoms with Crippen LogP contribution >= 0.6 is 0 Å². The highest BCUT2D eigenvalue weighted by Gasteiger charge is 2.07. The first-order valence-corrected chi connectivity index (χ1v) is 5.63. The van der Waals surface area contributed by atoms with Crippen molar-refractivity contribution in [3.63, 3.8) is 0 Å². The Morgan fingerprint density at radius 2 is 2.00 bits per heavy atom. The molecule has 0 aromatic rings. The SMILES string of the molecule is CC1CCCCCCC=CCC(=O)O1. The van der Waals surface area contributed by atoms with Crippen molar-refractivity contribution in [2.24, 2.45) is 0 Å². The summed E-state index contributed by atoms with van der Waals surface area (Å²) in [6.45, 7) is 1.98. The molecule has 0 radical (unpaired) electrons. The lowest BCUT2D eigenvalue weighted by atomic mass is 10.1. The number of allylic oxidation sites excluding steroid dienone is 1. The second kappa shape index (κ2) is 6.63. The van der Waals surface area contributed by atoms with E-state index in [0.717, 1.165) is 12.8 Å². The molecular weight excluding hydrogens is 176 g/mol. The number of ether oxygens (including phenoxy) is 1. The van der Waals surface area contributed by atoms with Crippen LogP contribution in [0.5, 0.6) is 0 Å². The van der Waals surface area contributed by atoms with Crippen LogP contribution < -0.4 is 0 Å². The van der Waals surface area contributed by atoms with Crippen LogP contribution in [0.1, 0.15) is 51.9 Å². The predicted octanol–water partition coefficient (Wildman–Crippen LogP) is 3.22. The molecule has 2 nitrogen and oxygen atoms in total. The minimum atomic E-state index is -0.0886. The van der Waals surface area contributed by atoms with Gasteiger partial charge < -0.3 is 4.74 Å². The molecule has 0 aromatic carbocycles. The molecule has 0 aromatic heterocycles. The molecule has 1 heterocycles. The van der Waals surface area contributed by atoms with E-state index in [1.807, 2.05) is 13.0 Å². The highest BCUT2D eigenvalue weighted by Crippen LogP contribution is 2.11. The Balaban J connectivity index is 2.36. The van der Waals surface area contributed by atoms with E-state index >= 15 is 0 Å². The van der Waals surface area contributed by atoms with Crippen molar-refractivity contribution >= 4 is 5.97 Å². The molecule has 1 atom stereocenters. The molecule has 0 bridgehead atoms. The van der Waals surface area contributed by atoms with Gasteiger partial charge in [-0.15, -0.1) is 0 Å². The minimum absolute atomic E-state index is 0.0886. The molecular formula is C12H20O2. The monoisotopic (exact) mass is 196 g/mol. The first kappa shape index (κ1) is 11.3. The minimum Gasteiger partial charge on any atom is -0.462 e. The van der Waals surface area contributed by atoms with Crippen LogP contribution in [-0.2, 0) is 9.53 Å². The number of carbonyl (C=O) groups excluding carboxylic acids is 1. The van der Waals surface area contributed by atoms with Crippen LogP contribution in [0.15, 0.2) is 12.2 Å². The second-order valence-corrected chi connectivity index (χ2v) is 3.97. The third-order valence-electron chi connectivity index (χ3n) is 2.52. The third-order valence-corrected chi connectivity index (χ3v) is 2.52. The van der Waals surface area contributed by atoms with Crippen molar-refractivity contribution in [2.75, 3.05) is 0 Å². The van der Waals surface area contributed by atoms with Crippen LogP contribution in [0, 0.1) is 0 Å². The average molecular weight is 196 g/mol. The molecule has 1 rings (SSSR count). The molecule has 0 spiro atoms. The van der Waals surface area contributed by atoms with Crippen molar-refractivity contribution in [1.82, 2.24) is 0 Å². The van der Waals surface area contributed by atoms with E-state index in [-0.39, 0.29) is 12.1 Å². The lowest BCUT2D eigenvalue weighted by Gasteiger charge is -2.12. The molecule has 1 aliphatic heterocycles. The Bertz CT molecular complexity index is 196. The van der Waals surface area contributed by atoms with Gasteiger partial charge in [-0.25, -0.2) is 0 Å². The van der Waals surface area contributed by atoms with Gasteiger partial charge in [0, 0.05) is 0 Å². The van der Waals surface area contributed by atoms with Crippen molar-refractivity contribution in [1.29, 1.82) is 0 Å². The van der Waals surface area contributed by atoms with E-state index in [1.54, 1.807) is 0 Å². The van der Waals surface area contributed by atoms with E-state index in [1.165, 1.54) is 25.7 Å². The number of carbonyl (C=O) groups is 1. The topological polar surface area (TPSA) is 26.3 Å².